The molecule has 0 saturated carbocycles. The lowest BCUT2D eigenvalue weighted by molar-refractivity contribution is 0.0600. The van der Waals surface area contributed by atoms with E-state index in [4.69, 9.17) is 11.5 Å². The second-order valence-corrected chi connectivity index (χ2v) is 2.96. The Morgan fingerprint density at radius 3 is 2.73 bits per heavy atom. The highest BCUT2D eigenvalue weighted by Crippen LogP contribution is 2.12. The van der Waals surface area contributed by atoms with Crippen LogP contribution >= 0.6 is 12.4 Å². The van der Waals surface area contributed by atoms with Gasteiger partial charge < -0.3 is 16.2 Å². The zero-order valence-electron chi connectivity index (χ0n) is 8.47. The SMILES string of the molecule is COC(=O)c1cccc([C@@H](N)CN)c1.Cl. The Kier molecular flexibility index (Phi) is 5.93. The van der Waals surface area contributed by atoms with E-state index in [1.54, 1.807) is 18.2 Å². The first kappa shape index (κ1) is 13.9. The first-order valence-electron chi connectivity index (χ1n) is 4.33. The van der Waals surface area contributed by atoms with Gasteiger partial charge >= 0.3 is 5.97 Å². The van der Waals surface area contributed by atoms with Crippen LogP contribution in [0.5, 0.6) is 0 Å². The third-order valence-electron chi connectivity index (χ3n) is 1.99. The lowest BCUT2D eigenvalue weighted by atomic mass is 10.0. The predicted octanol–water partition coefficient (Wildman–Crippen LogP) is 0.853. The maximum atomic E-state index is 11.2. The van der Waals surface area contributed by atoms with Gasteiger partial charge in [-0.15, -0.1) is 12.4 Å². The summed E-state index contributed by atoms with van der Waals surface area (Å²) >= 11 is 0. The average molecular weight is 231 g/mol. The standard InChI is InChI=1S/C10H14N2O2.ClH/c1-14-10(13)8-4-2-3-7(5-8)9(12)6-11;/h2-5,9H,6,11-12H2,1H3;1H/t9-;/m0./s1. The molecule has 0 aliphatic heterocycles. The summed E-state index contributed by atoms with van der Waals surface area (Å²) in [7, 11) is 1.35. The number of halogens is 1. The van der Waals surface area contributed by atoms with E-state index in [1.165, 1.54) is 7.11 Å². The van der Waals surface area contributed by atoms with Gasteiger partial charge in [0.05, 0.1) is 12.7 Å². The Bertz CT molecular complexity index is 331. The lowest BCUT2D eigenvalue weighted by Gasteiger charge is -2.09. The molecule has 0 amide bonds. The van der Waals surface area contributed by atoms with Gasteiger partial charge in [-0.1, -0.05) is 12.1 Å². The number of nitrogens with two attached hydrogens (primary N) is 2. The summed E-state index contributed by atoms with van der Waals surface area (Å²) in [5.41, 5.74) is 12.5. The van der Waals surface area contributed by atoms with Gasteiger partial charge in [-0.2, -0.15) is 0 Å². The van der Waals surface area contributed by atoms with Crippen molar-refractivity contribution in [1.29, 1.82) is 0 Å². The van der Waals surface area contributed by atoms with Crippen LogP contribution in [0.3, 0.4) is 0 Å². The third-order valence-corrected chi connectivity index (χ3v) is 1.99. The van der Waals surface area contributed by atoms with Gasteiger partial charge in [-0.25, -0.2) is 4.79 Å². The van der Waals surface area contributed by atoms with Gasteiger partial charge in [0.15, 0.2) is 0 Å². The highest BCUT2D eigenvalue weighted by Gasteiger charge is 2.08. The summed E-state index contributed by atoms with van der Waals surface area (Å²) in [6, 6.07) is 6.74. The van der Waals surface area contributed by atoms with Gasteiger partial charge in [0, 0.05) is 12.6 Å². The molecule has 1 aromatic carbocycles. The highest BCUT2D eigenvalue weighted by atomic mass is 35.5. The Morgan fingerprint density at radius 2 is 2.20 bits per heavy atom. The summed E-state index contributed by atoms with van der Waals surface area (Å²) < 4.78 is 4.59. The van der Waals surface area contributed by atoms with Crippen LogP contribution in [0.4, 0.5) is 0 Å². The molecule has 0 aliphatic rings. The number of hydrogen-bond acceptors (Lipinski definition) is 4. The summed E-state index contributed by atoms with van der Waals surface area (Å²) in [5.74, 6) is -0.365. The molecule has 0 heterocycles. The summed E-state index contributed by atoms with van der Waals surface area (Å²) in [5, 5.41) is 0. The van der Waals surface area contributed by atoms with E-state index in [0.29, 0.717) is 12.1 Å². The van der Waals surface area contributed by atoms with Crippen LogP contribution in [0.25, 0.3) is 0 Å². The van der Waals surface area contributed by atoms with E-state index in [9.17, 15) is 4.79 Å². The zero-order valence-corrected chi connectivity index (χ0v) is 9.29. The third kappa shape index (κ3) is 3.51. The molecule has 0 saturated heterocycles. The molecule has 4 nitrogen and oxygen atoms in total. The quantitative estimate of drug-likeness (QED) is 0.755. The normalized spacial score (nSPS) is 11.4. The predicted molar refractivity (Wildman–Crippen MR) is 61.0 cm³/mol. The van der Waals surface area contributed by atoms with Crippen LogP contribution in [0.15, 0.2) is 24.3 Å². The first-order chi connectivity index (χ1) is 6.69. The molecule has 0 aromatic heterocycles. The van der Waals surface area contributed by atoms with Crippen LogP contribution in [-0.4, -0.2) is 19.6 Å². The summed E-state index contributed by atoms with van der Waals surface area (Å²) in [4.78, 5) is 11.2. The second kappa shape index (κ2) is 6.40. The van der Waals surface area contributed by atoms with Crippen LogP contribution in [0.1, 0.15) is 22.0 Å². The molecule has 1 atom stereocenters. The minimum atomic E-state index is -0.365. The van der Waals surface area contributed by atoms with Gasteiger partial charge in [0.1, 0.15) is 0 Å². The van der Waals surface area contributed by atoms with Gasteiger partial charge in [0.25, 0.3) is 0 Å². The van der Waals surface area contributed by atoms with E-state index in [0.717, 1.165) is 5.56 Å². The van der Waals surface area contributed by atoms with Crippen molar-refractivity contribution in [2.75, 3.05) is 13.7 Å². The summed E-state index contributed by atoms with van der Waals surface area (Å²) in [6.07, 6.45) is 0. The molecule has 15 heavy (non-hydrogen) atoms. The number of carbonyl (C=O) groups is 1. The van der Waals surface area contributed by atoms with Crippen molar-refractivity contribution in [3.05, 3.63) is 35.4 Å². The van der Waals surface area contributed by atoms with Crippen molar-refractivity contribution >= 4 is 18.4 Å². The molecule has 0 unspecified atom stereocenters. The number of carbonyl (C=O) groups excluding carboxylic acids is 1. The highest BCUT2D eigenvalue weighted by molar-refractivity contribution is 5.89. The average Bonchev–Trinajstić information content (AvgIpc) is 2.27. The Morgan fingerprint density at radius 1 is 1.53 bits per heavy atom. The van der Waals surface area contributed by atoms with Crippen LogP contribution in [0, 0.1) is 0 Å². The minimum absolute atomic E-state index is 0. The molecule has 5 heteroatoms. The van der Waals surface area contributed by atoms with E-state index in [2.05, 4.69) is 4.74 Å². The van der Waals surface area contributed by atoms with Crippen molar-refractivity contribution in [3.63, 3.8) is 0 Å². The van der Waals surface area contributed by atoms with Gasteiger partial charge in [0.2, 0.25) is 0 Å². The monoisotopic (exact) mass is 230 g/mol. The first-order valence-corrected chi connectivity index (χ1v) is 4.33. The summed E-state index contributed by atoms with van der Waals surface area (Å²) in [6.45, 7) is 0.352. The molecule has 1 rings (SSSR count). The van der Waals surface area contributed by atoms with E-state index >= 15 is 0 Å². The van der Waals surface area contributed by atoms with Gasteiger partial charge in [-0.3, -0.25) is 0 Å². The largest absolute Gasteiger partial charge is 0.465 e. The van der Waals surface area contributed by atoms with E-state index in [-0.39, 0.29) is 24.4 Å². The van der Waals surface area contributed by atoms with Crippen molar-refractivity contribution < 1.29 is 9.53 Å². The molecular weight excluding hydrogens is 216 g/mol. The number of benzene rings is 1. The topological polar surface area (TPSA) is 78.3 Å². The molecule has 0 spiro atoms. The maximum Gasteiger partial charge on any atom is 0.337 e. The van der Waals surface area contributed by atoms with Crippen molar-refractivity contribution in [2.45, 2.75) is 6.04 Å². The molecule has 0 aliphatic carbocycles. The smallest absolute Gasteiger partial charge is 0.337 e. The maximum absolute atomic E-state index is 11.2. The van der Waals surface area contributed by atoms with Crippen molar-refractivity contribution in [1.82, 2.24) is 0 Å². The molecule has 84 valence electrons. The molecule has 1 aromatic rings. The van der Waals surface area contributed by atoms with Crippen molar-refractivity contribution in [3.8, 4) is 0 Å². The Balaban J connectivity index is 0.00000196. The molecule has 4 N–H and O–H groups in total. The van der Waals surface area contributed by atoms with Crippen LogP contribution < -0.4 is 11.5 Å². The molecule has 0 radical (unpaired) electrons. The molecule has 0 bridgehead atoms. The number of rotatable bonds is 3. The Hall–Kier alpha value is -1.10. The molecule has 0 fully saturated rings. The minimum Gasteiger partial charge on any atom is -0.465 e. The number of methoxy groups -OCH3 is 1. The van der Waals surface area contributed by atoms with E-state index < -0.39 is 0 Å². The number of esters is 1. The van der Waals surface area contributed by atoms with E-state index in [1.807, 2.05) is 6.07 Å². The van der Waals surface area contributed by atoms with Gasteiger partial charge in [-0.05, 0) is 17.7 Å². The Labute approximate surface area is 95.0 Å². The second-order valence-electron chi connectivity index (χ2n) is 2.96. The lowest BCUT2D eigenvalue weighted by Crippen LogP contribution is -2.21. The van der Waals surface area contributed by atoms with Crippen LogP contribution in [0.2, 0.25) is 0 Å². The fraction of sp³-hybridized carbons (Fsp3) is 0.300. The fourth-order valence-electron chi connectivity index (χ4n) is 1.15. The van der Waals surface area contributed by atoms with Crippen molar-refractivity contribution in [2.24, 2.45) is 11.5 Å². The van der Waals surface area contributed by atoms with Crippen LogP contribution in [-0.2, 0) is 4.74 Å². The zero-order chi connectivity index (χ0) is 10.6. The number of ether oxygens (including phenoxy) is 1. The molecular formula is C10H15ClN2O2. The fourth-order valence-corrected chi connectivity index (χ4v) is 1.15. The number of hydrogen-bond donors (Lipinski definition) is 2.